The second kappa shape index (κ2) is 7.55. The van der Waals surface area contributed by atoms with Crippen LogP contribution in [0.5, 0.6) is 5.75 Å². The smallest absolute Gasteiger partial charge is 0.129 e. The maximum Gasteiger partial charge on any atom is 0.129 e. The van der Waals surface area contributed by atoms with Crippen LogP contribution in [0, 0.1) is 5.92 Å². The summed E-state index contributed by atoms with van der Waals surface area (Å²) >= 11 is 0. The summed E-state index contributed by atoms with van der Waals surface area (Å²) in [6, 6.07) is 16.7. The molecule has 1 aliphatic carbocycles. The Morgan fingerprint density at radius 3 is 2.65 bits per heavy atom. The van der Waals surface area contributed by atoms with E-state index in [2.05, 4.69) is 72.2 Å². The fraction of sp³-hybridized carbons (Fsp3) is 0.391. The summed E-state index contributed by atoms with van der Waals surface area (Å²) in [6.45, 7) is 2.95. The number of benzene rings is 2. The maximum atomic E-state index is 6.21. The first-order chi connectivity index (χ1) is 12.7. The molecule has 0 unspecified atom stereocenters. The molecule has 0 bridgehead atoms. The van der Waals surface area contributed by atoms with Crippen LogP contribution in [0.25, 0.3) is 10.9 Å². The zero-order valence-corrected chi connectivity index (χ0v) is 15.8. The first kappa shape index (κ1) is 17.2. The highest BCUT2D eigenvalue weighted by Gasteiger charge is 2.22. The number of fused-ring (bicyclic) bond motifs is 1. The lowest BCUT2D eigenvalue weighted by Crippen LogP contribution is -2.23. The zero-order valence-electron chi connectivity index (χ0n) is 15.8. The monoisotopic (exact) mass is 348 g/mol. The minimum Gasteiger partial charge on any atom is -0.488 e. The van der Waals surface area contributed by atoms with Crippen LogP contribution in [0.2, 0.25) is 0 Å². The van der Waals surface area contributed by atoms with Crippen molar-refractivity contribution >= 4 is 10.9 Å². The third-order valence-corrected chi connectivity index (χ3v) is 5.32. The molecular formula is C23H28N2O. The molecule has 1 heterocycles. The van der Waals surface area contributed by atoms with Crippen molar-refractivity contribution in [3.8, 4) is 5.75 Å². The van der Waals surface area contributed by atoms with Crippen LogP contribution in [0.1, 0.15) is 24.0 Å². The van der Waals surface area contributed by atoms with Gasteiger partial charge in [-0.25, -0.2) is 0 Å². The lowest BCUT2D eigenvalue weighted by atomic mass is 10.1. The van der Waals surface area contributed by atoms with E-state index in [-0.39, 0.29) is 0 Å². The van der Waals surface area contributed by atoms with E-state index in [0.717, 1.165) is 24.6 Å². The summed E-state index contributed by atoms with van der Waals surface area (Å²) in [4.78, 5) is 2.48. The van der Waals surface area contributed by atoms with Gasteiger partial charge in [-0.1, -0.05) is 36.4 Å². The summed E-state index contributed by atoms with van der Waals surface area (Å²) in [5.74, 6) is 1.93. The molecule has 0 aliphatic heterocycles. The van der Waals surface area contributed by atoms with Gasteiger partial charge in [0.25, 0.3) is 0 Å². The van der Waals surface area contributed by atoms with Crippen molar-refractivity contribution in [2.24, 2.45) is 13.0 Å². The van der Waals surface area contributed by atoms with Gasteiger partial charge in [-0.15, -0.1) is 0 Å². The molecule has 1 aromatic heterocycles. The molecular weight excluding hydrogens is 320 g/mol. The van der Waals surface area contributed by atoms with E-state index >= 15 is 0 Å². The van der Waals surface area contributed by atoms with E-state index in [1.54, 1.807) is 0 Å². The fourth-order valence-corrected chi connectivity index (χ4v) is 3.69. The van der Waals surface area contributed by atoms with Crippen LogP contribution in [0.4, 0.5) is 0 Å². The van der Waals surface area contributed by atoms with Crippen LogP contribution >= 0.6 is 0 Å². The van der Waals surface area contributed by atoms with Gasteiger partial charge in [0.15, 0.2) is 0 Å². The van der Waals surface area contributed by atoms with Crippen molar-refractivity contribution in [2.75, 3.05) is 20.1 Å². The van der Waals surface area contributed by atoms with Crippen molar-refractivity contribution in [3.63, 3.8) is 0 Å². The normalized spacial score (nSPS) is 14.3. The van der Waals surface area contributed by atoms with Crippen molar-refractivity contribution in [1.29, 1.82) is 0 Å². The Hall–Kier alpha value is -2.26. The van der Waals surface area contributed by atoms with Gasteiger partial charge < -0.3 is 14.2 Å². The molecule has 1 aliphatic rings. The number of hydrogen-bond donors (Lipinski definition) is 0. The van der Waals surface area contributed by atoms with Crippen molar-refractivity contribution in [3.05, 3.63) is 65.9 Å². The molecule has 0 atom stereocenters. The van der Waals surface area contributed by atoms with E-state index in [1.165, 1.54) is 41.4 Å². The lowest BCUT2D eigenvalue weighted by Gasteiger charge is -2.16. The SMILES string of the molecule is CN(CCc1cn(C)c2cccc(OCc3ccccc3)c12)CC1CC1. The van der Waals surface area contributed by atoms with Gasteiger partial charge in [-0.05, 0) is 55.5 Å². The molecule has 3 heteroatoms. The highest BCUT2D eigenvalue weighted by molar-refractivity contribution is 5.90. The molecule has 4 rings (SSSR count). The highest BCUT2D eigenvalue weighted by Crippen LogP contribution is 2.32. The molecule has 1 fully saturated rings. The number of aromatic nitrogens is 1. The molecule has 0 amide bonds. The Kier molecular flexibility index (Phi) is 4.98. The molecule has 2 aromatic carbocycles. The minimum atomic E-state index is 0.607. The van der Waals surface area contributed by atoms with Crippen molar-refractivity contribution in [1.82, 2.24) is 9.47 Å². The third-order valence-electron chi connectivity index (χ3n) is 5.32. The van der Waals surface area contributed by atoms with Crippen LogP contribution in [0.3, 0.4) is 0 Å². The number of aryl methyl sites for hydroxylation is 1. The van der Waals surface area contributed by atoms with E-state index in [1.807, 2.05) is 6.07 Å². The quantitative estimate of drug-likeness (QED) is 0.590. The minimum absolute atomic E-state index is 0.607. The van der Waals surface area contributed by atoms with Crippen molar-refractivity contribution < 1.29 is 4.74 Å². The van der Waals surface area contributed by atoms with Gasteiger partial charge in [0.2, 0.25) is 0 Å². The van der Waals surface area contributed by atoms with Gasteiger partial charge in [0, 0.05) is 31.7 Å². The first-order valence-corrected chi connectivity index (χ1v) is 9.63. The number of rotatable bonds is 8. The molecule has 3 aromatic rings. The number of likely N-dealkylation sites (N-methyl/N-ethyl adjacent to an activating group) is 1. The Labute approximate surface area is 156 Å². The molecule has 1 saturated carbocycles. The highest BCUT2D eigenvalue weighted by atomic mass is 16.5. The maximum absolute atomic E-state index is 6.21. The van der Waals surface area contributed by atoms with Crippen LogP contribution in [-0.4, -0.2) is 29.6 Å². The summed E-state index contributed by atoms with van der Waals surface area (Å²) in [5, 5.41) is 1.27. The van der Waals surface area contributed by atoms with E-state index in [0.29, 0.717) is 6.61 Å². The molecule has 0 N–H and O–H groups in total. The van der Waals surface area contributed by atoms with E-state index < -0.39 is 0 Å². The molecule has 136 valence electrons. The third kappa shape index (κ3) is 3.94. The number of ether oxygens (including phenoxy) is 1. The lowest BCUT2D eigenvalue weighted by molar-refractivity contribution is 0.309. The second-order valence-corrected chi connectivity index (χ2v) is 7.65. The summed E-state index contributed by atoms with van der Waals surface area (Å²) in [7, 11) is 4.37. The topological polar surface area (TPSA) is 17.4 Å². The van der Waals surface area contributed by atoms with E-state index in [4.69, 9.17) is 4.74 Å². The van der Waals surface area contributed by atoms with Gasteiger partial charge in [0.1, 0.15) is 12.4 Å². The standard InChI is InChI=1S/C23H28N2O/c1-24(15-18-11-12-18)14-13-20-16-25(2)21-9-6-10-22(23(20)21)26-17-19-7-4-3-5-8-19/h3-10,16,18H,11-15,17H2,1-2H3. The summed E-state index contributed by atoms with van der Waals surface area (Å²) in [6.07, 6.45) is 6.16. The van der Waals surface area contributed by atoms with Gasteiger partial charge in [-0.2, -0.15) is 0 Å². The summed E-state index contributed by atoms with van der Waals surface area (Å²) < 4.78 is 8.44. The van der Waals surface area contributed by atoms with E-state index in [9.17, 15) is 0 Å². The average molecular weight is 348 g/mol. The Bertz CT molecular complexity index is 865. The van der Waals surface area contributed by atoms with Gasteiger partial charge >= 0.3 is 0 Å². The number of nitrogens with zero attached hydrogens (tertiary/aromatic N) is 2. The predicted octanol–water partition coefficient (Wildman–Crippen LogP) is 4.64. The first-order valence-electron chi connectivity index (χ1n) is 9.63. The van der Waals surface area contributed by atoms with Crippen molar-refractivity contribution in [2.45, 2.75) is 25.9 Å². The average Bonchev–Trinajstić information content (AvgIpc) is 3.41. The molecule has 26 heavy (non-hydrogen) atoms. The Morgan fingerprint density at radius 1 is 1.08 bits per heavy atom. The largest absolute Gasteiger partial charge is 0.488 e. The van der Waals surface area contributed by atoms with Crippen LogP contribution in [0.15, 0.2) is 54.7 Å². The Morgan fingerprint density at radius 2 is 1.88 bits per heavy atom. The number of hydrogen-bond acceptors (Lipinski definition) is 2. The van der Waals surface area contributed by atoms with Crippen LogP contribution in [-0.2, 0) is 20.1 Å². The molecule has 0 radical (unpaired) electrons. The van der Waals surface area contributed by atoms with Gasteiger partial charge in [-0.3, -0.25) is 0 Å². The second-order valence-electron chi connectivity index (χ2n) is 7.65. The fourth-order valence-electron chi connectivity index (χ4n) is 3.69. The van der Waals surface area contributed by atoms with Gasteiger partial charge in [0.05, 0.1) is 5.52 Å². The predicted molar refractivity (Wildman–Crippen MR) is 108 cm³/mol. The molecule has 3 nitrogen and oxygen atoms in total. The van der Waals surface area contributed by atoms with Crippen LogP contribution < -0.4 is 4.74 Å². The molecule has 0 spiro atoms. The zero-order chi connectivity index (χ0) is 17.9. The molecule has 0 saturated heterocycles. The summed E-state index contributed by atoms with van der Waals surface area (Å²) in [5.41, 5.74) is 3.83. The Balaban J connectivity index is 1.52.